The van der Waals surface area contributed by atoms with E-state index >= 15 is 0 Å². The highest BCUT2D eigenvalue weighted by atomic mass is 32.1. The van der Waals surface area contributed by atoms with Crippen molar-refractivity contribution in [2.45, 2.75) is 0 Å². The Kier molecular flexibility index (Phi) is 5.29. The third-order valence-corrected chi connectivity index (χ3v) is 4.37. The number of benzene rings is 1. The zero-order valence-electron chi connectivity index (χ0n) is 14.7. The van der Waals surface area contributed by atoms with E-state index in [0.29, 0.717) is 36.1 Å². The molecule has 0 saturated carbocycles. The lowest BCUT2D eigenvalue weighted by Gasteiger charge is -2.08. The first kappa shape index (κ1) is 17.7. The van der Waals surface area contributed by atoms with Crippen LogP contribution in [0.15, 0.2) is 54.7 Å². The average molecular weight is 392 g/mol. The maximum Gasteiger partial charge on any atom is 0.251 e. The number of aromatic nitrogens is 5. The van der Waals surface area contributed by atoms with E-state index in [2.05, 4.69) is 39.9 Å². The monoisotopic (exact) mass is 392 g/mol. The molecule has 140 valence electrons. The third kappa shape index (κ3) is 4.35. The van der Waals surface area contributed by atoms with E-state index in [1.165, 1.54) is 0 Å². The molecular weight excluding hydrogens is 376 g/mol. The molecular formula is C18H16N8OS. The second-order valence-corrected chi connectivity index (χ2v) is 6.32. The Balaban J connectivity index is 1.24. The molecule has 0 fully saturated rings. The summed E-state index contributed by atoms with van der Waals surface area (Å²) in [5.74, 6) is 1.77. The molecule has 0 spiro atoms. The average Bonchev–Trinajstić information content (AvgIpc) is 3.21. The fraction of sp³-hybridized carbons (Fsp3) is 0.111. The molecule has 10 heteroatoms. The number of rotatable bonds is 7. The lowest BCUT2D eigenvalue weighted by atomic mass is 10.2. The molecule has 0 aliphatic heterocycles. The van der Waals surface area contributed by atoms with E-state index in [9.17, 15) is 4.79 Å². The summed E-state index contributed by atoms with van der Waals surface area (Å²) in [6.07, 6.45) is 1.70. The van der Waals surface area contributed by atoms with Crippen LogP contribution in [0.3, 0.4) is 0 Å². The van der Waals surface area contributed by atoms with Gasteiger partial charge < -0.3 is 16.0 Å². The molecule has 3 heterocycles. The van der Waals surface area contributed by atoms with Gasteiger partial charge in [-0.3, -0.25) is 4.79 Å². The number of nitrogens with zero attached hydrogens (tertiary/aromatic N) is 5. The van der Waals surface area contributed by atoms with Crippen molar-refractivity contribution in [3.63, 3.8) is 0 Å². The van der Waals surface area contributed by atoms with E-state index < -0.39 is 0 Å². The van der Waals surface area contributed by atoms with Crippen molar-refractivity contribution in [1.82, 2.24) is 29.2 Å². The number of amides is 1. The minimum Gasteiger partial charge on any atom is -0.367 e. The quantitative estimate of drug-likeness (QED) is 0.411. The summed E-state index contributed by atoms with van der Waals surface area (Å²) in [6, 6.07) is 14.5. The van der Waals surface area contributed by atoms with Gasteiger partial charge in [-0.15, -0.1) is 10.2 Å². The van der Waals surface area contributed by atoms with Crippen molar-refractivity contribution < 1.29 is 4.79 Å². The second-order valence-electron chi connectivity index (χ2n) is 5.79. The minimum absolute atomic E-state index is 0.155. The van der Waals surface area contributed by atoms with E-state index in [0.717, 1.165) is 22.8 Å². The predicted octanol–water partition coefficient (Wildman–Crippen LogP) is 2.46. The summed E-state index contributed by atoms with van der Waals surface area (Å²) in [7, 11) is 0. The maximum atomic E-state index is 12.2. The van der Waals surface area contributed by atoms with Gasteiger partial charge in [0.15, 0.2) is 5.82 Å². The number of hydrogen-bond donors (Lipinski definition) is 3. The van der Waals surface area contributed by atoms with Crippen LogP contribution in [0.4, 0.5) is 17.5 Å². The Morgan fingerprint density at radius 3 is 2.57 bits per heavy atom. The van der Waals surface area contributed by atoms with Crippen molar-refractivity contribution >= 4 is 46.1 Å². The van der Waals surface area contributed by atoms with Gasteiger partial charge in [-0.05, 0) is 42.5 Å². The van der Waals surface area contributed by atoms with Gasteiger partial charge in [0.1, 0.15) is 22.7 Å². The number of carbonyl (C=O) groups is 1. The molecule has 28 heavy (non-hydrogen) atoms. The smallest absolute Gasteiger partial charge is 0.251 e. The zero-order valence-corrected chi connectivity index (χ0v) is 15.5. The normalized spacial score (nSPS) is 10.6. The van der Waals surface area contributed by atoms with Crippen LogP contribution >= 0.6 is 11.7 Å². The Labute approximate surface area is 164 Å². The number of anilines is 3. The maximum absolute atomic E-state index is 12.2. The molecule has 0 aliphatic rings. The minimum atomic E-state index is -0.155. The molecule has 4 rings (SSSR count). The van der Waals surface area contributed by atoms with Gasteiger partial charge >= 0.3 is 0 Å². The van der Waals surface area contributed by atoms with Crippen LogP contribution < -0.4 is 16.0 Å². The molecule has 0 atom stereocenters. The van der Waals surface area contributed by atoms with Gasteiger partial charge in [0.05, 0.1) is 11.7 Å². The fourth-order valence-electron chi connectivity index (χ4n) is 2.45. The molecule has 0 radical (unpaired) electrons. The molecule has 3 aromatic heterocycles. The van der Waals surface area contributed by atoms with E-state index in [-0.39, 0.29) is 5.91 Å². The van der Waals surface area contributed by atoms with Gasteiger partial charge in [-0.25, -0.2) is 4.98 Å². The summed E-state index contributed by atoms with van der Waals surface area (Å²) in [5.41, 5.74) is 2.08. The third-order valence-electron chi connectivity index (χ3n) is 3.82. The highest BCUT2D eigenvalue weighted by Crippen LogP contribution is 2.14. The number of nitrogens with one attached hydrogen (secondary N) is 3. The molecule has 9 nitrogen and oxygen atoms in total. The van der Waals surface area contributed by atoms with Crippen LogP contribution in [0.5, 0.6) is 0 Å². The van der Waals surface area contributed by atoms with Crippen molar-refractivity contribution in [3.8, 4) is 0 Å². The van der Waals surface area contributed by atoms with Gasteiger partial charge in [0, 0.05) is 24.8 Å². The molecule has 0 aliphatic carbocycles. The highest BCUT2D eigenvalue weighted by Gasteiger charge is 2.07. The van der Waals surface area contributed by atoms with Crippen LogP contribution in [0.2, 0.25) is 0 Å². The Morgan fingerprint density at radius 1 is 0.893 bits per heavy atom. The summed E-state index contributed by atoms with van der Waals surface area (Å²) in [5, 5.41) is 17.2. The molecule has 4 aromatic rings. The number of fused-ring (bicyclic) bond motifs is 1. The second kappa shape index (κ2) is 8.35. The number of hydrogen-bond acceptors (Lipinski definition) is 9. The number of carbonyl (C=O) groups excluding carboxylic acids is 1. The van der Waals surface area contributed by atoms with Crippen LogP contribution in [-0.2, 0) is 0 Å². The summed E-state index contributed by atoms with van der Waals surface area (Å²) >= 11 is 1.13. The zero-order chi connectivity index (χ0) is 19.2. The standard InChI is InChI=1S/C18H16N8OS/c27-18(12-4-5-13-14(11-12)26-28-25-13)21-10-9-20-16-6-7-17(24-23-16)22-15-3-1-2-8-19-15/h1-8,11H,9-10H2,(H,20,23)(H,21,27)(H,19,22,24). The van der Waals surface area contributed by atoms with Crippen LogP contribution in [0.1, 0.15) is 10.4 Å². The van der Waals surface area contributed by atoms with Gasteiger partial charge in [-0.1, -0.05) is 6.07 Å². The van der Waals surface area contributed by atoms with Gasteiger partial charge in [0.25, 0.3) is 5.91 Å². The molecule has 0 bridgehead atoms. The van der Waals surface area contributed by atoms with Crippen LogP contribution in [0.25, 0.3) is 11.0 Å². The molecule has 0 saturated heterocycles. The van der Waals surface area contributed by atoms with E-state index in [1.807, 2.05) is 24.3 Å². The van der Waals surface area contributed by atoms with Gasteiger partial charge in [-0.2, -0.15) is 8.75 Å². The predicted molar refractivity (Wildman–Crippen MR) is 108 cm³/mol. The van der Waals surface area contributed by atoms with Crippen molar-refractivity contribution in [3.05, 3.63) is 60.3 Å². The Morgan fingerprint density at radius 2 is 1.75 bits per heavy atom. The first-order valence-corrected chi connectivity index (χ1v) is 9.27. The molecule has 0 unspecified atom stereocenters. The van der Waals surface area contributed by atoms with Crippen molar-refractivity contribution in [1.29, 1.82) is 0 Å². The molecule has 3 N–H and O–H groups in total. The lowest BCUT2D eigenvalue weighted by Crippen LogP contribution is -2.28. The van der Waals surface area contributed by atoms with E-state index in [1.54, 1.807) is 30.5 Å². The van der Waals surface area contributed by atoms with Crippen LogP contribution in [-0.4, -0.2) is 42.9 Å². The molecule has 1 aromatic carbocycles. The Hall–Kier alpha value is -3.66. The first-order chi connectivity index (χ1) is 13.8. The lowest BCUT2D eigenvalue weighted by molar-refractivity contribution is 0.0955. The topological polar surface area (TPSA) is 118 Å². The van der Waals surface area contributed by atoms with Crippen molar-refractivity contribution in [2.24, 2.45) is 0 Å². The summed E-state index contributed by atoms with van der Waals surface area (Å²) in [4.78, 5) is 16.4. The molecule has 1 amide bonds. The van der Waals surface area contributed by atoms with E-state index in [4.69, 9.17) is 0 Å². The number of pyridine rings is 1. The van der Waals surface area contributed by atoms with Crippen molar-refractivity contribution in [2.75, 3.05) is 23.7 Å². The SMILES string of the molecule is O=C(NCCNc1ccc(Nc2ccccn2)nn1)c1ccc2nsnc2c1. The largest absolute Gasteiger partial charge is 0.367 e. The van der Waals surface area contributed by atoms with Gasteiger partial charge in [0.2, 0.25) is 0 Å². The summed E-state index contributed by atoms with van der Waals surface area (Å²) in [6.45, 7) is 0.968. The highest BCUT2D eigenvalue weighted by molar-refractivity contribution is 7.00. The fourth-order valence-corrected chi connectivity index (χ4v) is 2.97. The van der Waals surface area contributed by atoms with Crippen LogP contribution in [0, 0.1) is 0 Å². The summed E-state index contributed by atoms with van der Waals surface area (Å²) < 4.78 is 8.27. The first-order valence-electron chi connectivity index (χ1n) is 8.54. The Bertz CT molecular complexity index is 1070.